The van der Waals surface area contributed by atoms with Crippen molar-refractivity contribution < 1.29 is 34.1 Å². The number of nitrogens with one attached hydrogen (secondary N) is 1. The van der Waals surface area contributed by atoms with E-state index in [-0.39, 0.29) is 37.1 Å². The summed E-state index contributed by atoms with van der Waals surface area (Å²) < 4.78 is 10.2. The van der Waals surface area contributed by atoms with Gasteiger partial charge in [0.1, 0.15) is 18.1 Å². The minimum atomic E-state index is -0.872. The average Bonchev–Trinajstić information content (AvgIpc) is 2.95. The molecule has 0 aliphatic carbocycles. The molecular formula is C31H32N4O7. The third-order valence-electron chi connectivity index (χ3n) is 6.20. The highest BCUT2D eigenvalue weighted by Crippen LogP contribution is 2.34. The zero-order chi connectivity index (χ0) is 30.2. The number of aryl methyl sites for hydroxylation is 4. The summed E-state index contributed by atoms with van der Waals surface area (Å²) in [6.45, 7) is 6.86. The van der Waals surface area contributed by atoms with Crippen molar-refractivity contribution in [1.82, 2.24) is 20.4 Å². The molecule has 1 aromatic heterocycles. The molecule has 11 heteroatoms. The van der Waals surface area contributed by atoms with Crippen LogP contribution in [0, 0.1) is 27.7 Å². The Morgan fingerprint density at radius 3 is 1.83 bits per heavy atom. The molecule has 42 heavy (non-hydrogen) atoms. The van der Waals surface area contributed by atoms with E-state index in [1.54, 1.807) is 12.1 Å². The van der Waals surface area contributed by atoms with E-state index in [0.29, 0.717) is 17.2 Å². The second-order valence-corrected chi connectivity index (χ2v) is 9.69. The van der Waals surface area contributed by atoms with Crippen LogP contribution in [0.25, 0.3) is 34.2 Å². The Bertz CT molecular complexity index is 1540. The number of aromatic hydroxyl groups is 1. The van der Waals surface area contributed by atoms with E-state index in [9.17, 15) is 14.7 Å². The first kappa shape index (κ1) is 30.1. The summed E-state index contributed by atoms with van der Waals surface area (Å²) in [7, 11) is 0. The van der Waals surface area contributed by atoms with E-state index in [1.807, 2.05) is 57.4 Å². The van der Waals surface area contributed by atoms with Gasteiger partial charge >= 0.3 is 5.97 Å². The normalized spacial score (nSPS) is 10.8. The zero-order valence-corrected chi connectivity index (χ0v) is 23.8. The second-order valence-electron chi connectivity index (χ2n) is 9.69. The lowest BCUT2D eigenvalue weighted by molar-refractivity contribution is -0.161. The van der Waals surface area contributed by atoms with Gasteiger partial charge in [-0.2, -0.15) is 5.48 Å². The number of phenols is 1. The Morgan fingerprint density at radius 1 is 0.762 bits per heavy atom. The van der Waals surface area contributed by atoms with Crippen LogP contribution in [0.5, 0.6) is 11.5 Å². The number of ether oxygens (including phenoxy) is 2. The van der Waals surface area contributed by atoms with E-state index in [4.69, 9.17) is 29.5 Å². The lowest BCUT2D eigenvalue weighted by Crippen LogP contribution is -2.32. The van der Waals surface area contributed by atoms with E-state index < -0.39 is 18.5 Å². The van der Waals surface area contributed by atoms with E-state index >= 15 is 0 Å². The maximum atomic E-state index is 11.9. The van der Waals surface area contributed by atoms with Crippen LogP contribution >= 0.6 is 0 Å². The van der Waals surface area contributed by atoms with Crippen molar-refractivity contribution in [2.45, 2.75) is 27.7 Å². The van der Waals surface area contributed by atoms with Crippen molar-refractivity contribution in [2.24, 2.45) is 0 Å². The number of phenolic OH excluding ortho intramolecular Hbond substituents is 1. The highest BCUT2D eigenvalue weighted by molar-refractivity contribution is 5.79. The fourth-order valence-electron chi connectivity index (χ4n) is 4.20. The van der Waals surface area contributed by atoms with Crippen molar-refractivity contribution in [1.29, 1.82) is 0 Å². The lowest BCUT2D eigenvalue weighted by Gasteiger charge is -2.13. The van der Waals surface area contributed by atoms with Crippen molar-refractivity contribution in [3.63, 3.8) is 0 Å². The Morgan fingerprint density at radius 2 is 1.31 bits per heavy atom. The van der Waals surface area contributed by atoms with Crippen LogP contribution in [0.1, 0.15) is 22.3 Å². The van der Waals surface area contributed by atoms with E-state index in [1.165, 1.54) is 6.07 Å². The number of carbonyl (C=O) groups is 2. The van der Waals surface area contributed by atoms with Gasteiger partial charge in [-0.25, -0.2) is 19.7 Å². The van der Waals surface area contributed by atoms with Crippen molar-refractivity contribution in [3.05, 3.63) is 76.9 Å². The SMILES string of the molecule is Cc1ccc(-c2nc(-c3ccc(C)cc3C)nc(-c3ccc(OCC(=O)ONC(=O)COCCO)cc3O)n2)c(C)c1. The Balaban J connectivity index is 1.58. The Hall–Kier alpha value is -4.87. The summed E-state index contributed by atoms with van der Waals surface area (Å²) in [5, 5.41) is 19.6. The molecular weight excluding hydrogens is 540 g/mol. The molecule has 0 saturated heterocycles. The molecule has 0 saturated carbocycles. The minimum Gasteiger partial charge on any atom is -0.507 e. The summed E-state index contributed by atoms with van der Waals surface area (Å²) in [5.41, 5.74) is 8.21. The highest BCUT2D eigenvalue weighted by Gasteiger charge is 2.18. The molecule has 0 spiro atoms. The third-order valence-corrected chi connectivity index (χ3v) is 6.20. The highest BCUT2D eigenvalue weighted by atomic mass is 16.7. The molecule has 3 N–H and O–H groups in total. The van der Waals surface area contributed by atoms with Crippen LogP contribution < -0.4 is 10.2 Å². The minimum absolute atomic E-state index is 0.0195. The first-order chi connectivity index (χ1) is 20.1. The molecule has 0 aliphatic heterocycles. The van der Waals surface area contributed by atoms with Gasteiger partial charge in [0.05, 0.1) is 18.8 Å². The molecule has 0 fully saturated rings. The summed E-state index contributed by atoms with van der Waals surface area (Å²) in [6, 6.07) is 16.5. The number of hydroxylamine groups is 1. The number of aromatic nitrogens is 3. The molecule has 11 nitrogen and oxygen atoms in total. The van der Waals surface area contributed by atoms with E-state index in [0.717, 1.165) is 33.4 Å². The Kier molecular flexibility index (Phi) is 9.79. The molecule has 4 aromatic rings. The quantitative estimate of drug-likeness (QED) is 0.189. The topological polar surface area (TPSA) is 153 Å². The lowest BCUT2D eigenvalue weighted by atomic mass is 10.0. The van der Waals surface area contributed by atoms with Gasteiger partial charge < -0.3 is 24.5 Å². The van der Waals surface area contributed by atoms with Crippen molar-refractivity contribution in [2.75, 3.05) is 26.4 Å². The predicted molar refractivity (Wildman–Crippen MR) is 154 cm³/mol. The average molecular weight is 573 g/mol. The van der Waals surface area contributed by atoms with Gasteiger partial charge in [-0.1, -0.05) is 47.5 Å². The summed E-state index contributed by atoms with van der Waals surface area (Å²) >= 11 is 0. The molecule has 0 atom stereocenters. The fourth-order valence-corrected chi connectivity index (χ4v) is 4.20. The summed E-state index contributed by atoms with van der Waals surface area (Å²) in [6.07, 6.45) is 0. The number of aliphatic hydroxyl groups excluding tert-OH is 1. The summed E-state index contributed by atoms with van der Waals surface area (Å²) in [5.74, 6) is -0.343. The number of hydrogen-bond acceptors (Lipinski definition) is 10. The van der Waals surface area contributed by atoms with E-state index in [2.05, 4.69) is 17.0 Å². The summed E-state index contributed by atoms with van der Waals surface area (Å²) in [4.78, 5) is 42.3. The maximum absolute atomic E-state index is 11.9. The van der Waals surface area contributed by atoms with Crippen LogP contribution in [0.2, 0.25) is 0 Å². The van der Waals surface area contributed by atoms with Crippen LogP contribution in [0.4, 0.5) is 0 Å². The van der Waals surface area contributed by atoms with Gasteiger partial charge in [-0.3, -0.25) is 4.79 Å². The first-order valence-corrected chi connectivity index (χ1v) is 13.2. The largest absolute Gasteiger partial charge is 0.507 e. The predicted octanol–water partition coefficient (Wildman–Crippen LogP) is 3.77. The smallest absolute Gasteiger partial charge is 0.369 e. The van der Waals surface area contributed by atoms with Gasteiger partial charge in [0.2, 0.25) is 0 Å². The number of amides is 1. The number of aliphatic hydroxyl groups is 1. The first-order valence-electron chi connectivity index (χ1n) is 13.2. The zero-order valence-electron chi connectivity index (χ0n) is 23.8. The number of benzene rings is 3. The maximum Gasteiger partial charge on any atom is 0.369 e. The molecule has 218 valence electrons. The number of hydrogen-bond donors (Lipinski definition) is 3. The third kappa shape index (κ3) is 7.65. The van der Waals surface area contributed by atoms with Gasteiger partial charge in [-0.15, -0.1) is 0 Å². The van der Waals surface area contributed by atoms with Gasteiger partial charge in [0.15, 0.2) is 24.1 Å². The number of nitrogens with zero attached hydrogens (tertiary/aromatic N) is 3. The standard InChI is InChI=1S/C31H32N4O7/c1-18-5-8-23(20(3)13-18)29-32-30(24-9-6-19(2)14-21(24)4)34-31(33-29)25-10-7-22(15-26(25)37)41-17-28(39)42-35-27(38)16-40-12-11-36/h5-10,13-15,36-37H,11-12,16-17H2,1-4H3,(H,35,38). The Labute approximate surface area is 243 Å². The van der Waals surface area contributed by atoms with Crippen LogP contribution in [-0.4, -0.2) is 63.5 Å². The molecule has 4 rings (SSSR count). The monoisotopic (exact) mass is 572 g/mol. The van der Waals surface area contributed by atoms with Gasteiger partial charge in [0, 0.05) is 17.2 Å². The van der Waals surface area contributed by atoms with Gasteiger partial charge in [-0.05, 0) is 51.0 Å². The van der Waals surface area contributed by atoms with Crippen LogP contribution in [0.3, 0.4) is 0 Å². The van der Waals surface area contributed by atoms with Crippen LogP contribution in [0.15, 0.2) is 54.6 Å². The molecule has 1 heterocycles. The van der Waals surface area contributed by atoms with Crippen molar-refractivity contribution >= 4 is 11.9 Å². The number of rotatable bonds is 10. The molecule has 0 radical (unpaired) electrons. The molecule has 0 unspecified atom stereocenters. The number of carbonyl (C=O) groups excluding carboxylic acids is 2. The van der Waals surface area contributed by atoms with Gasteiger partial charge in [0.25, 0.3) is 5.91 Å². The second kappa shape index (κ2) is 13.7. The van der Waals surface area contributed by atoms with Crippen LogP contribution in [-0.2, 0) is 19.2 Å². The molecule has 0 aliphatic rings. The fraction of sp³-hybridized carbons (Fsp3) is 0.258. The van der Waals surface area contributed by atoms with Crippen molar-refractivity contribution in [3.8, 4) is 45.7 Å². The molecule has 1 amide bonds. The molecule has 0 bridgehead atoms. The molecule has 3 aromatic carbocycles.